The van der Waals surface area contributed by atoms with Crippen LogP contribution >= 0.6 is 0 Å². The lowest BCUT2D eigenvalue weighted by atomic mass is 10.1. The highest BCUT2D eigenvalue weighted by molar-refractivity contribution is 5.98. The van der Waals surface area contributed by atoms with Crippen LogP contribution in [0.1, 0.15) is 10.4 Å². The monoisotopic (exact) mass is 365 g/mol. The minimum atomic E-state index is -4.38. The Morgan fingerprint density at radius 1 is 1.19 bits per heavy atom. The van der Waals surface area contributed by atoms with Crippen molar-refractivity contribution >= 4 is 17.7 Å². The molecule has 1 aliphatic heterocycles. The van der Waals surface area contributed by atoms with E-state index < -0.39 is 18.8 Å². The van der Waals surface area contributed by atoms with E-state index in [1.54, 1.807) is 24.3 Å². The molecule has 0 radical (unpaired) electrons. The maximum Gasteiger partial charge on any atom is 0.414 e. The SMILES string of the molecule is O=C1OCCN1c1cccc(C(=O)n2ccc(=NCC(F)(F)F)cc2)c1. The first-order valence-electron chi connectivity index (χ1n) is 7.68. The second-order valence-electron chi connectivity index (χ2n) is 5.52. The molecule has 1 aromatic heterocycles. The molecule has 2 heterocycles. The molecular formula is C17H14F3N3O3. The third-order valence-electron chi connectivity index (χ3n) is 3.65. The lowest BCUT2D eigenvalue weighted by Gasteiger charge is -2.14. The third kappa shape index (κ3) is 4.11. The summed E-state index contributed by atoms with van der Waals surface area (Å²) in [5, 5.41) is 0.125. The molecular weight excluding hydrogens is 351 g/mol. The van der Waals surface area contributed by atoms with Gasteiger partial charge in [0.05, 0.1) is 11.9 Å². The number of pyridine rings is 1. The van der Waals surface area contributed by atoms with Gasteiger partial charge in [-0.1, -0.05) is 6.07 Å². The zero-order valence-corrected chi connectivity index (χ0v) is 13.4. The van der Waals surface area contributed by atoms with E-state index >= 15 is 0 Å². The zero-order valence-electron chi connectivity index (χ0n) is 13.4. The molecule has 0 spiro atoms. The number of aromatic nitrogens is 1. The van der Waals surface area contributed by atoms with Crippen molar-refractivity contribution in [2.45, 2.75) is 6.18 Å². The van der Waals surface area contributed by atoms with Gasteiger partial charge in [-0.15, -0.1) is 0 Å². The third-order valence-corrected chi connectivity index (χ3v) is 3.65. The normalized spacial score (nSPS) is 14.3. The van der Waals surface area contributed by atoms with Crippen LogP contribution in [0, 0.1) is 0 Å². The van der Waals surface area contributed by atoms with Crippen LogP contribution in [0.5, 0.6) is 0 Å². The highest BCUT2D eigenvalue weighted by atomic mass is 19.4. The number of ether oxygens (including phenoxy) is 1. The van der Waals surface area contributed by atoms with Gasteiger partial charge in [-0.05, 0) is 30.3 Å². The van der Waals surface area contributed by atoms with Crippen molar-refractivity contribution in [3.63, 3.8) is 0 Å². The molecule has 0 saturated carbocycles. The molecule has 1 amide bonds. The maximum absolute atomic E-state index is 12.5. The van der Waals surface area contributed by atoms with Crippen LogP contribution in [0.15, 0.2) is 53.8 Å². The first kappa shape index (κ1) is 17.7. The molecule has 0 atom stereocenters. The van der Waals surface area contributed by atoms with Gasteiger partial charge in [-0.3, -0.25) is 19.3 Å². The molecule has 0 N–H and O–H groups in total. The Labute approximate surface area is 146 Å². The lowest BCUT2D eigenvalue weighted by Crippen LogP contribution is -2.24. The van der Waals surface area contributed by atoms with Crippen molar-refractivity contribution in [2.24, 2.45) is 4.99 Å². The molecule has 1 aliphatic rings. The van der Waals surface area contributed by atoms with Gasteiger partial charge in [0, 0.05) is 23.6 Å². The summed E-state index contributed by atoms with van der Waals surface area (Å²) in [6, 6.07) is 9.12. The van der Waals surface area contributed by atoms with Gasteiger partial charge in [-0.25, -0.2) is 4.79 Å². The number of carbonyl (C=O) groups excluding carboxylic acids is 2. The predicted octanol–water partition coefficient (Wildman–Crippen LogP) is 2.60. The molecule has 0 aliphatic carbocycles. The second kappa shape index (κ2) is 7.03. The molecule has 26 heavy (non-hydrogen) atoms. The topological polar surface area (TPSA) is 63.9 Å². The predicted molar refractivity (Wildman–Crippen MR) is 85.8 cm³/mol. The van der Waals surface area contributed by atoms with Crippen LogP contribution in [0.2, 0.25) is 0 Å². The van der Waals surface area contributed by atoms with Gasteiger partial charge in [0.1, 0.15) is 13.2 Å². The zero-order chi connectivity index (χ0) is 18.7. The summed E-state index contributed by atoms with van der Waals surface area (Å²) in [5.41, 5.74) is 0.864. The number of benzene rings is 1. The number of cyclic esters (lactones) is 1. The molecule has 3 rings (SSSR count). The fourth-order valence-corrected chi connectivity index (χ4v) is 2.42. The van der Waals surface area contributed by atoms with Crippen molar-refractivity contribution in [2.75, 3.05) is 24.6 Å². The number of alkyl halides is 3. The van der Waals surface area contributed by atoms with Gasteiger partial charge in [-0.2, -0.15) is 13.2 Å². The number of nitrogens with zero attached hydrogens (tertiary/aromatic N) is 3. The van der Waals surface area contributed by atoms with Gasteiger partial charge in [0.2, 0.25) is 0 Å². The first-order chi connectivity index (χ1) is 12.3. The average molecular weight is 365 g/mol. The summed E-state index contributed by atoms with van der Waals surface area (Å²) in [7, 11) is 0. The van der Waals surface area contributed by atoms with E-state index in [4.69, 9.17) is 4.74 Å². The number of rotatable bonds is 3. The molecule has 0 bridgehead atoms. The molecule has 0 unspecified atom stereocenters. The minimum Gasteiger partial charge on any atom is -0.447 e. The van der Waals surface area contributed by atoms with E-state index in [1.807, 2.05) is 0 Å². The van der Waals surface area contributed by atoms with E-state index in [0.29, 0.717) is 17.8 Å². The summed E-state index contributed by atoms with van der Waals surface area (Å²) in [4.78, 5) is 29.0. The minimum absolute atomic E-state index is 0.125. The van der Waals surface area contributed by atoms with Crippen LogP contribution in [0.4, 0.5) is 23.7 Å². The van der Waals surface area contributed by atoms with Crippen molar-refractivity contribution in [1.29, 1.82) is 0 Å². The summed E-state index contributed by atoms with van der Waals surface area (Å²) in [6.45, 7) is -0.591. The van der Waals surface area contributed by atoms with E-state index in [-0.39, 0.29) is 17.9 Å². The summed E-state index contributed by atoms with van der Waals surface area (Å²) >= 11 is 0. The van der Waals surface area contributed by atoms with Gasteiger partial charge >= 0.3 is 12.3 Å². The van der Waals surface area contributed by atoms with Crippen molar-refractivity contribution in [1.82, 2.24) is 4.57 Å². The van der Waals surface area contributed by atoms with Crippen LogP contribution in [0.25, 0.3) is 0 Å². The van der Waals surface area contributed by atoms with Crippen LogP contribution in [0.3, 0.4) is 0 Å². The van der Waals surface area contributed by atoms with Gasteiger partial charge < -0.3 is 4.74 Å². The summed E-state index contributed by atoms with van der Waals surface area (Å²) < 4.78 is 42.6. The van der Waals surface area contributed by atoms with E-state index in [1.165, 1.54) is 34.0 Å². The number of hydrogen-bond acceptors (Lipinski definition) is 4. The average Bonchev–Trinajstić information content (AvgIpc) is 3.05. The highest BCUT2D eigenvalue weighted by Gasteiger charge is 2.26. The van der Waals surface area contributed by atoms with Gasteiger partial charge in [0.15, 0.2) is 0 Å². The van der Waals surface area contributed by atoms with E-state index in [2.05, 4.69) is 4.99 Å². The maximum atomic E-state index is 12.5. The number of carbonyl (C=O) groups is 2. The number of halogens is 3. The summed E-state index contributed by atoms with van der Waals surface area (Å²) in [6.07, 6.45) is -2.17. The fourth-order valence-electron chi connectivity index (χ4n) is 2.42. The Bertz CT molecular complexity index is 885. The molecule has 6 nitrogen and oxygen atoms in total. The smallest absolute Gasteiger partial charge is 0.414 e. The van der Waals surface area contributed by atoms with Crippen molar-refractivity contribution in [3.8, 4) is 0 Å². The first-order valence-corrected chi connectivity index (χ1v) is 7.68. The quantitative estimate of drug-likeness (QED) is 0.840. The molecule has 9 heteroatoms. The Hall–Kier alpha value is -3.10. The molecule has 1 aromatic carbocycles. The highest BCUT2D eigenvalue weighted by Crippen LogP contribution is 2.20. The van der Waals surface area contributed by atoms with Crippen LogP contribution in [-0.2, 0) is 4.74 Å². The number of anilines is 1. The lowest BCUT2D eigenvalue weighted by molar-refractivity contribution is -0.118. The Morgan fingerprint density at radius 3 is 2.54 bits per heavy atom. The Balaban J connectivity index is 1.80. The Kier molecular flexibility index (Phi) is 4.79. The standard InChI is InChI=1S/C17H14F3N3O3/c18-17(19,20)11-21-13-4-6-22(7-5-13)15(24)12-2-1-3-14(10-12)23-8-9-26-16(23)25/h1-7,10H,8-9,11H2. The second-order valence-corrected chi connectivity index (χ2v) is 5.52. The fraction of sp³-hybridized carbons (Fsp3) is 0.235. The largest absolute Gasteiger partial charge is 0.447 e. The molecule has 2 aromatic rings. The molecule has 1 saturated heterocycles. The van der Waals surface area contributed by atoms with Crippen molar-refractivity contribution in [3.05, 3.63) is 59.7 Å². The van der Waals surface area contributed by atoms with E-state index in [9.17, 15) is 22.8 Å². The number of amides is 1. The van der Waals surface area contributed by atoms with Crippen molar-refractivity contribution < 1.29 is 27.5 Å². The number of hydrogen-bond donors (Lipinski definition) is 0. The molecule has 1 fully saturated rings. The van der Waals surface area contributed by atoms with E-state index in [0.717, 1.165) is 0 Å². The summed E-state index contributed by atoms with van der Waals surface area (Å²) in [5.74, 6) is -0.387. The Morgan fingerprint density at radius 2 is 1.92 bits per heavy atom. The molecule has 136 valence electrons. The van der Waals surface area contributed by atoms with Crippen LogP contribution < -0.4 is 10.3 Å². The van der Waals surface area contributed by atoms with Gasteiger partial charge in [0.25, 0.3) is 5.91 Å². The van der Waals surface area contributed by atoms with Crippen LogP contribution in [-0.4, -0.2) is 42.4 Å².